The minimum absolute atomic E-state index is 0.0202. The Labute approximate surface area is 188 Å². The fourth-order valence-corrected chi connectivity index (χ4v) is 2.34. The predicted molar refractivity (Wildman–Crippen MR) is 116 cm³/mol. The molecule has 3 N–H and O–H groups in total. The highest BCUT2D eigenvalue weighted by Crippen LogP contribution is 2.13. The van der Waals surface area contributed by atoms with Crippen LogP contribution in [0, 0.1) is 0 Å². The molecule has 1 atom stereocenters. The Morgan fingerprint density at radius 2 is 1.47 bits per heavy atom. The fraction of sp³-hybridized carbons (Fsp3) is 0.545. The monoisotopic (exact) mass is 451 g/mol. The maximum atomic E-state index is 12.5. The second-order valence-corrected chi connectivity index (χ2v) is 9.00. The average molecular weight is 452 g/mol. The number of urea groups is 1. The molecule has 1 rings (SSSR count). The van der Waals surface area contributed by atoms with Gasteiger partial charge in [0.2, 0.25) is 0 Å². The maximum absolute atomic E-state index is 12.5. The van der Waals surface area contributed by atoms with Crippen LogP contribution in [-0.2, 0) is 30.4 Å². The maximum Gasteiger partial charge on any atom is 0.426 e. The van der Waals surface area contributed by atoms with Crippen molar-refractivity contribution in [2.24, 2.45) is 0 Å². The Morgan fingerprint density at radius 1 is 0.875 bits per heavy atom. The van der Waals surface area contributed by atoms with E-state index >= 15 is 0 Å². The highest BCUT2D eigenvalue weighted by molar-refractivity contribution is 5.85. The summed E-state index contributed by atoms with van der Waals surface area (Å²) in [5.41, 5.74) is 3.48. The van der Waals surface area contributed by atoms with Crippen molar-refractivity contribution in [3.63, 3.8) is 0 Å². The third-order valence-electron chi connectivity index (χ3n) is 3.54. The van der Waals surface area contributed by atoms with E-state index in [1.165, 1.54) is 0 Å². The number of amides is 3. The molecule has 0 heterocycles. The number of carbonyl (C=O) groups excluding carboxylic acids is 4. The summed E-state index contributed by atoms with van der Waals surface area (Å²) in [6.45, 7) is 10.2. The minimum Gasteiger partial charge on any atom is -0.460 e. The number of benzene rings is 1. The van der Waals surface area contributed by atoms with Crippen molar-refractivity contribution in [2.75, 3.05) is 0 Å². The summed E-state index contributed by atoms with van der Waals surface area (Å²) in [6.07, 6.45) is -1.05. The van der Waals surface area contributed by atoms with E-state index in [9.17, 15) is 19.2 Å². The summed E-state index contributed by atoms with van der Waals surface area (Å²) in [4.78, 5) is 48.4. The van der Waals surface area contributed by atoms with Gasteiger partial charge in [-0.05, 0) is 53.5 Å². The standard InChI is InChI=1S/C22H33N3O7/c1-21(2,3)31-17(26)13-12-16(18(27)32-22(4,5)6)23-19(28)24-25-20(29)30-14-15-10-8-7-9-11-15/h7-11,16H,12-14H2,1-6H3,(H,25,29)(H2,23,24,28). The third kappa shape index (κ3) is 12.4. The van der Waals surface area contributed by atoms with Gasteiger partial charge in [-0.2, -0.15) is 0 Å². The minimum atomic E-state index is -1.14. The van der Waals surface area contributed by atoms with E-state index in [1.807, 2.05) is 6.07 Å². The zero-order valence-electron chi connectivity index (χ0n) is 19.4. The Kier molecular flexibility index (Phi) is 9.96. The van der Waals surface area contributed by atoms with E-state index in [1.54, 1.807) is 65.8 Å². The lowest BCUT2D eigenvalue weighted by molar-refractivity contribution is -0.158. The Bertz CT molecular complexity index is 783. The first kappa shape index (κ1) is 26.7. The molecule has 1 aromatic carbocycles. The average Bonchev–Trinajstić information content (AvgIpc) is 2.66. The van der Waals surface area contributed by atoms with Crippen molar-refractivity contribution in [3.05, 3.63) is 35.9 Å². The number of nitrogens with one attached hydrogen (secondary N) is 3. The third-order valence-corrected chi connectivity index (χ3v) is 3.54. The molecule has 10 nitrogen and oxygen atoms in total. The lowest BCUT2D eigenvalue weighted by Crippen LogP contribution is -2.53. The quantitative estimate of drug-likeness (QED) is 0.330. The number of rotatable bonds is 7. The second kappa shape index (κ2) is 11.9. The first-order valence-electron chi connectivity index (χ1n) is 10.2. The number of ether oxygens (including phenoxy) is 3. The molecular weight excluding hydrogens is 418 g/mol. The van der Waals surface area contributed by atoms with Crippen LogP contribution in [0.1, 0.15) is 59.9 Å². The molecule has 0 fully saturated rings. The van der Waals surface area contributed by atoms with Crippen molar-refractivity contribution < 1.29 is 33.4 Å². The first-order chi connectivity index (χ1) is 14.7. The smallest absolute Gasteiger partial charge is 0.426 e. The molecule has 0 saturated heterocycles. The molecule has 10 heteroatoms. The van der Waals surface area contributed by atoms with Crippen LogP contribution in [0.5, 0.6) is 0 Å². The largest absolute Gasteiger partial charge is 0.460 e. The fourth-order valence-electron chi connectivity index (χ4n) is 2.34. The summed E-state index contributed by atoms with van der Waals surface area (Å²) >= 11 is 0. The van der Waals surface area contributed by atoms with Crippen LogP contribution in [0.2, 0.25) is 0 Å². The Balaban J connectivity index is 2.58. The summed E-state index contributed by atoms with van der Waals surface area (Å²) in [6, 6.07) is 6.99. The van der Waals surface area contributed by atoms with E-state index in [0.29, 0.717) is 0 Å². The Morgan fingerprint density at radius 3 is 2.03 bits per heavy atom. The molecule has 178 valence electrons. The van der Waals surface area contributed by atoms with Crippen LogP contribution >= 0.6 is 0 Å². The van der Waals surface area contributed by atoms with Crippen molar-refractivity contribution in [3.8, 4) is 0 Å². The summed E-state index contributed by atoms with van der Waals surface area (Å²) in [7, 11) is 0. The molecule has 0 aliphatic rings. The van der Waals surface area contributed by atoms with Gasteiger partial charge in [0.1, 0.15) is 23.9 Å². The highest BCUT2D eigenvalue weighted by atomic mass is 16.6. The van der Waals surface area contributed by atoms with Crippen LogP contribution in [0.25, 0.3) is 0 Å². The van der Waals surface area contributed by atoms with Gasteiger partial charge < -0.3 is 19.5 Å². The van der Waals surface area contributed by atoms with Gasteiger partial charge in [-0.1, -0.05) is 30.3 Å². The first-order valence-corrected chi connectivity index (χ1v) is 10.2. The summed E-state index contributed by atoms with van der Waals surface area (Å²) in [5.74, 6) is -1.24. The highest BCUT2D eigenvalue weighted by Gasteiger charge is 2.28. The molecule has 0 aromatic heterocycles. The number of hydrogen-bond acceptors (Lipinski definition) is 7. The van der Waals surface area contributed by atoms with Gasteiger partial charge in [-0.25, -0.2) is 25.2 Å². The van der Waals surface area contributed by atoms with Crippen LogP contribution in [0.15, 0.2) is 30.3 Å². The van der Waals surface area contributed by atoms with Crippen LogP contribution < -0.4 is 16.2 Å². The van der Waals surface area contributed by atoms with Crippen molar-refractivity contribution in [1.82, 2.24) is 16.2 Å². The molecule has 0 spiro atoms. The van der Waals surface area contributed by atoms with E-state index in [-0.39, 0.29) is 19.4 Å². The Hall–Kier alpha value is -3.30. The lowest BCUT2D eigenvalue weighted by atomic mass is 10.1. The van der Waals surface area contributed by atoms with Gasteiger partial charge in [0, 0.05) is 6.42 Å². The number of carbonyl (C=O) groups is 4. The van der Waals surface area contributed by atoms with Crippen LogP contribution in [0.4, 0.5) is 9.59 Å². The molecule has 3 amide bonds. The number of hydrazine groups is 1. The van der Waals surface area contributed by atoms with Gasteiger partial charge in [-0.15, -0.1) is 0 Å². The number of esters is 2. The van der Waals surface area contributed by atoms with Gasteiger partial charge in [0.25, 0.3) is 0 Å². The van der Waals surface area contributed by atoms with Crippen molar-refractivity contribution in [1.29, 1.82) is 0 Å². The lowest BCUT2D eigenvalue weighted by Gasteiger charge is -2.25. The second-order valence-electron chi connectivity index (χ2n) is 9.00. The molecular formula is C22H33N3O7. The molecule has 0 aliphatic carbocycles. The SMILES string of the molecule is CC(C)(C)OC(=O)CCC(NC(=O)NNC(=O)OCc1ccccc1)C(=O)OC(C)(C)C. The van der Waals surface area contributed by atoms with Crippen molar-refractivity contribution >= 4 is 24.1 Å². The van der Waals surface area contributed by atoms with Gasteiger partial charge in [0.15, 0.2) is 0 Å². The predicted octanol–water partition coefficient (Wildman–Crippen LogP) is 2.96. The molecule has 1 aromatic rings. The topological polar surface area (TPSA) is 132 Å². The van der Waals surface area contributed by atoms with Crippen LogP contribution in [-0.4, -0.2) is 41.3 Å². The summed E-state index contributed by atoms with van der Waals surface area (Å²) < 4.78 is 15.5. The molecule has 0 radical (unpaired) electrons. The van der Waals surface area contributed by atoms with E-state index in [2.05, 4.69) is 16.2 Å². The summed E-state index contributed by atoms with van der Waals surface area (Å²) in [5, 5.41) is 2.38. The zero-order chi connectivity index (χ0) is 24.4. The molecule has 1 unspecified atom stereocenters. The van der Waals surface area contributed by atoms with Crippen molar-refractivity contribution in [2.45, 2.75) is 78.2 Å². The van der Waals surface area contributed by atoms with Crippen LogP contribution in [0.3, 0.4) is 0 Å². The van der Waals surface area contributed by atoms with Gasteiger partial charge in [0.05, 0.1) is 0 Å². The molecule has 32 heavy (non-hydrogen) atoms. The van der Waals surface area contributed by atoms with E-state index in [4.69, 9.17) is 14.2 Å². The van der Waals surface area contributed by atoms with E-state index < -0.39 is 41.3 Å². The molecule has 0 aliphatic heterocycles. The number of hydrogen-bond donors (Lipinski definition) is 3. The van der Waals surface area contributed by atoms with Gasteiger partial charge in [-0.3, -0.25) is 4.79 Å². The normalized spacial score (nSPS) is 12.2. The zero-order valence-corrected chi connectivity index (χ0v) is 19.4. The van der Waals surface area contributed by atoms with Gasteiger partial charge >= 0.3 is 24.1 Å². The molecule has 0 saturated carbocycles. The van der Waals surface area contributed by atoms with E-state index in [0.717, 1.165) is 5.56 Å². The molecule has 0 bridgehead atoms.